The molecule has 0 aliphatic rings. The van der Waals surface area contributed by atoms with Crippen LogP contribution in [0, 0.1) is 6.92 Å². The number of pyridine rings is 1. The molecule has 2 nitrogen and oxygen atoms in total. The van der Waals surface area contributed by atoms with E-state index in [2.05, 4.69) is 43.8 Å². The van der Waals surface area contributed by atoms with Crippen molar-refractivity contribution in [3.05, 3.63) is 29.6 Å². The van der Waals surface area contributed by atoms with E-state index in [4.69, 9.17) is 4.74 Å². The molecule has 0 saturated carbocycles. The Bertz CT molecular complexity index is 284. The lowest BCUT2D eigenvalue weighted by atomic mass is 10.1. The van der Waals surface area contributed by atoms with Crippen LogP contribution in [0.5, 0.6) is 0 Å². The molecule has 0 radical (unpaired) electrons. The molecule has 0 atom stereocenters. The molecule has 14 heavy (non-hydrogen) atoms. The topological polar surface area (TPSA) is 13.1 Å². The van der Waals surface area contributed by atoms with Gasteiger partial charge in [0.15, 0.2) is 12.4 Å². The highest BCUT2D eigenvalue weighted by Crippen LogP contribution is 2.03. The van der Waals surface area contributed by atoms with Gasteiger partial charge in [0, 0.05) is 11.6 Å². The summed E-state index contributed by atoms with van der Waals surface area (Å²) in [5, 5.41) is 0. The summed E-state index contributed by atoms with van der Waals surface area (Å²) in [4.78, 5) is 0. The third-order valence-electron chi connectivity index (χ3n) is 2.31. The number of aryl methyl sites for hydroxylation is 2. The second-order valence-electron chi connectivity index (χ2n) is 3.56. The van der Waals surface area contributed by atoms with E-state index in [0.717, 1.165) is 19.4 Å². The Morgan fingerprint density at radius 3 is 2.79 bits per heavy atom. The monoisotopic (exact) mass is 194 g/mol. The molecule has 0 bridgehead atoms. The number of hydrogen-bond acceptors (Lipinski definition) is 1. The van der Waals surface area contributed by atoms with Crippen LogP contribution in [0.15, 0.2) is 18.5 Å². The SMILES string of the molecule is CCCOC[n+]1ccc(C)c(CC)c1. The van der Waals surface area contributed by atoms with E-state index in [1.807, 2.05) is 0 Å². The van der Waals surface area contributed by atoms with Gasteiger partial charge in [0.25, 0.3) is 6.73 Å². The summed E-state index contributed by atoms with van der Waals surface area (Å²) in [6, 6.07) is 2.15. The van der Waals surface area contributed by atoms with Gasteiger partial charge >= 0.3 is 0 Å². The van der Waals surface area contributed by atoms with Crippen LogP contribution in [0.4, 0.5) is 0 Å². The van der Waals surface area contributed by atoms with Gasteiger partial charge in [0.2, 0.25) is 0 Å². The number of rotatable bonds is 5. The Hall–Kier alpha value is -0.890. The van der Waals surface area contributed by atoms with Gasteiger partial charge in [-0.15, -0.1) is 0 Å². The summed E-state index contributed by atoms with van der Waals surface area (Å²) in [6.45, 7) is 7.95. The number of ether oxygens (including phenoxy) is 1. The summed E-state index contributed by atoms with van der Waals surface area (Å²) in [5.41, 5.74) is 2.76. The van der Waals surface area contributed by atoms with E-state index in [-0.39, 0.29) is 0 Å². The summed E-state index contributed by atoms with van der Waals surface area (Å²) in [7, 11) is 0. The molecule has 0 saturated heterocycles. The number of hydrogen-bond donors (Lipinski definition) is 0. The first-order valence-corrected chi connectivity index (χ1v) is 5.34. The zero-order valence-electron chi connectivity index (χ0n) is 9.42. The van der Waals surface area contributed by atoms with Crippen molar-refractivity contribution in [1.29, 1.82) is 0 Å². The van der Waals surface area contributed by atoms with Gasteiger partial charge in [-0.1, -0.05) is 13.8 Å². The molecule has 0 spiro atoms. The minimum Gasteiger partial charge on any atom is -0.323 e. The molecular formula is C12H20NO+. The maximum absolute atomic E-state index is 5.47. The van der Waals surface area contributed by atoms with E-state index in [0.29, 0.717) is 6.73 Å². The predicted molar refractivity (Wildman–Crippen MR) is 57.0 cm³/mol. The fourth-order valence-electron chi connectivity index (χ4n) is 1.42. The lowest BCUT2D eigenvalue weighted by Crippen LogP contribution is -2.35. The van der Waals surface area contributed by atoms with Crippen molar-refractivity contribution in [1.82, 2.24) is 0 Å². The van der Waals surface area contributed by atoms with Crippen molar-refractivity contribution in [2.24, 2.45) is 0 Å². The molecule has 1 aromatic heterocycles. The molecule has 0 aliphatic carbocycles. The molecule has 0 aromatic carbocycles. The van der Waals surface area contributed by atoms with Crippen LogP contribution < -0.4 is 4.57 Å². The molecule has 1 aromatic rings. The van der Waals surface area contributed by atoms with E-state index >= 15 is 0 Å². The zero-order chi connectivity index (χ0) is 10.4. The van der Waals surface area contributed by atoms with Gasteiger partial charge in [-0.3, -0.25) is 0 Å². The maximum Gasteiger partial charge on any atom is 0.252 e. The highest BCUT2D eigenvalue weighted by Gasteiger charge is 2.04. The highest BCUT2D eigenvalue weighted by molar-refractivity contribution is 5.18. The van der Waals surface area contributed by atoms with Crippen LogP contribution >= 0.6 is 0 Å². The second-order valence-corrected chi connectivity index (χ2v) is 3.56. The fourth-order valence-corrected chi connectivity index (χ4v) is 1.42. The first-order valence-electron chi connectivity index (χ1n) is 5.34. The third-order valence-corrected chi connectivity index (χ3v) is 2.31. The minimum absolute atomic E-state index is 0.668. The molecule has 0 N–H and O–H groups in total. The highest BCUT2D eigenvalue weighted by atomic mass is 16.5. The smallest absolute Gasteiger partial charge is 0.252 e. The van der Waals surface area contributed by atoms with E-state index < -0.39 is 0 Å². The van der Waals surface area contributed by atoms with Gasteiger partial charge in [-0.25, -0.2) is 0 Å². The van der Waals surface area contributed by atoms with Crippen molar-refractivity contribution in [2.75, 3.05) is 6.61 Å². The van der Waals surface area contributed by atoms with Crippen LogP contribution in [-0.4, -0.2) is 6.61 Å². The Morgan fingerprint density at radius 2 is 2.14 bits per heavy atom. The van der Waals surface area contributed by atoms with Crippen molar-refractivity contribution in [3.8, 4) is 0 Å². The van der Waals surface area contributed by atoms with Crippen molar-refractivity contribution in [2.45, 2.75) is 40.3 Å². The standard InChI is InChI=1S/C12H20NO/c1-4-8-14-10-13-7-6-11(3)12(5-2)9-13/h6-7,9H,4-5,8,10H2,1-3H3/q+1. The van der Waals surface area contributed by atoms with Gasteiger partial charge < -0.3 is 4.74 Å². The molecule has 0 fully saturated rings. The molecule has 0 amide bonds. The first-order chi connectivity index (χ1) is 6.77. The molecular weight excluding hydrogens is 174 g/mol. The summed E-state index contributed by atoms with van der Waals surface area (Å²) >= 11 is 0. The Kier molecular flexibility index (Phi) is 4.60. The average Bonchev–Trinajstić information content (AvgIpc) is 2.21. The quantitative estimate of drug-likeness (QED) is 0.517. The van der Waals surface area contributed by atoms with Gasteiger partial charge in [0.1, 0.15) is 0 Å². The van der Waals surface area contributed by atoms with E-state index in [9.17, 15) is 0 Å². The van der Waals surface area contributed by atoms with Gasteiger partial charge in [-0.05, 0) is 25.3 Å². The summed E-state index contributed by atoms with van der Waals surface area (Å²) in [5.74, 6) is 0. The lowest BCUT2D eigenvalue weighted by Gasteiger charge is -2.02. The zero-order valence-corrected chi connectivity index (χ0v) is 9.42. The van der Waals surface area contributed by atoms with Crippen LogP contribution in [0.1, 0.15) is 31.4 Å². The molecule has 2 heteroatoms. The molecule has 0 aliphatic heterocycles. The summed E-state index contributed by atoms with van der Waals surface area (Å²) < 4.78 is 7.57. The van der Waals surface area contributed by atoms with E-state index in [1.54, 1.807) is 0 Å². The Balaban J connectivity index is 2.60. The Labute approximate surface area is 86.5 Å². The van der Waals surface area contributed by atoms with Gasteiger partial charge in [-0.2, -0.15) is 4.57 Å². The largest absolute Gasteiger partial charge is 0.323 e. The molecule has 1 rings (SSSR count). The number of aromatic nitrogens is 1. The number of nitrogens with zero attached hydrogens (tertiary/aromatic N) is 1. The van der Waals surface area contributed by atoms with Crippen molar-refractivity contribution < 1.29 is 9.30 Å². The lowest BCUT2D eigenvalue weighted by molar-refractivity contribution is -0.733. The van der Waals surface area contributed by atoms with Crippen LogP contribution in [0.25, 0.3) is 0 Å². The van der Waals surface area contributed by atoms with Gasteiger partial charge in [0.05, 0.1) is 6.61 Å². The molecule has 0 unspecified atom stereocenters. The normalized spacial score (nSPS) is 10.5. The molecule has 1 heterocycles. The van der Waals surface area contributed by atoms with E-state index in [1.165, 1.54) is 11.1 Å². The maximum atomic E-state index is 5.47. The van der Waals surface area contributed by atoms with Crippen LogP contribution in [-0.2, 0) is 17.9 Å². The second kappa shape index (κ2) is 5.76. The Morgan fingerprint density at radius 1 is 1.36 bits per heavy atom. The molecule has 78 valence electrons. The predicted octanol–water partition coefficient (Wildman–Crippen LogP) is 2.23. The first kappa shape index (κ1) is 11.2. The average molecular weight is 194 g/mol. The van der Waals surface area contributed by atoms with Crippen LogP contribution in [0.3, 0.4) is 0 Å². The van der Waals surface area contributed by atoms with Crippen molar-refractivity contribution >= 4 is 0 Å². The van der Waals surface area contributed by atoms with Crippen molar-refractivity contribution in [3.63, 3.8) is 0 Å². The fraction of sp³-hybridized carbons (Fsp3) is 0.583. The summed E-state index contributed by atoms with van der Waals surface area (Å²) in [6.07, 6.45) is 6.41. The minimum atomic E-state index is 0.668. The third kappa shape index (κ3) is 3.11. The van der Waals surface area contributed by atoms with Crippen LogP contribution in [0.2, 0.25) is 0 Å².